The summed E-state index contributed by atoms with van der Waals surface area (Å²) < 4.78 is 5.52. The molecule has 2 rings (SSSR count). The first-order chi connectivity index (χ1) is 10.3. The number of rotatable bonds is 8. The summed E-state index contributed by atoms with van der Waals surface area (Å²) in [6.07, 6.45) is 1.10. The quantitative estimate of drug-likeness (QED) is 0.735. The molecule has 0 saturated heterocycles. The second kappa shape index (κ2) is 10.0. The van der Waals surface area contributed by atoms with Crippen molar-refractivity contribution in [3.8, 4) is 5.75 Å². The van der Waals surface area contributed by atoms with Crippen LogP contribution in [0.5, 0.6) is 5.75 Å². The van der Waals surface area contributed by atoms with Gasteiger partial charge in [0, 0.05) is 13.1 Å². The van der Waals surface area contributed by atoms with E-state index in [4.69, 9.17) is 4.74 Å². The van der Waals surface area contributed by atoms with Crippen LogP contribution >= 0.6 is 12.4 Å². The van der Waals surface area contributed by atoms with Crippen LogP contribution in [0.2, 0.25) is 0 Å². The third kappa shape index (κ3) is 5.92. The van der Waals surface area contributed by atoms with E-state index in [0.717, 1.165) is 30.3 Å². The van der Waals surface area contributed by atoms with Crippen molar-refractivity contribution < 1.29 is 9.53 Å². The molecule has 1 amide bonds. The monoisotopic (exact) mass is 322 g/mol. The molecule has 4 nitrogen and oxygen atoms in total. The van der Waals surface area contributed by atoms with Gasteiger partial charge in [-0.3, -0.25) is 4.79 Å². The van der Waals surface area contributed by atoms with Crippen molar-refractivity contribution in [3.63, 3.8) is 0 Å². The zero-order chi connectivity index (χ0) is 14.9. The summed E-state index contributed by atoms with van der Waals surface area (Å²) in [4.78, 5) is 11.6. The van der Waals surface area contributed by atoms with Crippen LogP contribution in [0.4, 0.5) is 0 Å². The summed E-state index contributed by atoms with van der Waals surface area (Å²) in [6.45, 7) is 4.55. The molecule has 2 aromatic carbocycles. The SMILES string of the molecule is CCCNCCNC(=O)COc1ccc2ccccc2c1.Cl. The Morgan fingerprint density at radius 1 is 1.05 bits per heavy atom. The van der Waals surface area contributed by atoms with E-state index in [-0.39, 0.29) is 24.9 Å². The molecule has 120 valence electrons. The first-order valence-corrected chi connectivity index (χ1v) is 7.38. The van der Waals surface area contributed by atoms with Gasteiger partial charge in [-0.05, 0) is 35.9 Å². The summed E-state index contributed by atoms with van der Waals surface area (Å²) >= 11 is 0. The standard InChI is InChI=1S/C17H22N2O2.ClH/c1-2-9-18-10-11-19-17(20)13-21-16-8-7-14-5-3-4-6-15(14)12-16;/h3-8,12,18H,2,9-11,13H2,1H3,(H,19,20);1H. The van der Waals surface area contributed by atoms with E-state index in [9.17, 15) is 4.79 Å². The first-order valence-electron chi connectivity index (χ1n) is 7.38. The summed E-state index contributed by atoms with van der Waals surface area (Å²) in [6, 6.07) is 13.9. The molecule has 0 aliphatic heterocycles. The van der Waals surface area contributed by atoms with Crippen molar-refractivity contribution in [2.75, 3.05) is 26.2 Å². The first kappa shape index (κ1) is 18.3. The largest absolute Gasteiger partial charge is 0.484 e. The Morgan fingerprint density at radius 3 is 2.59 bits per heavy atom. The molecule has 0 fully saturated rings. The van der Waals surface area contributed by atoms with E-state index in [1.807, 2.05) is 36.4 Å². The second-order valence-corrected chi connectivity index (χ2v) is 4.90. The molecule has 0 atom stereocenters. The van der Waals surface area contributed by atoms with Crippen LogP contribution in [0.1, 0.15) is 13.3 Å². The Balaban J connectivity index is 0.00000242. The van der Waals surface area contributed by atoms with Gasteiger partial charge in [-0.25, -0.2) is 0 Å². The Labute approximate surface area is 137 Å². The van der Waals surface area contributed by atoms with Crippen LogP contribution in [0.15, 0.2) is 42.5 Å². The second-order valence-electron chi connectivity index (χ2n) is 4.90. The predicted molar refractivity (Wildman–Crippen MR) is 92.9 cm³/mol. The molecule has 0 aliphatic rings. The lowest BCUT2D eigenvalue weighted by Crippen LogP contribution is -2.34. The zero-order valence-electron chi connectivity index (χ0n) is 12.8. The van der Waals surface area contributed by atoms with E-state index >= 15 is 0 Å². The van der Waals surface area contributed by atoms with Crippen molar-refractivity contribution >= 4 is 29.1 Å². The minimum absolute atomic E-state index is 0. The lowest BCUT2D eigenvalue weighted by molar-refractivity contribution is -0.123. The Morgan fingerprint density at radius 2 is 1.82 bits per heavy atom. The van der Waals surface area contributed by atoms with Gasteiger partial charge >= 0.3 is 0 Å². The van der Waals surface area contributed by atoms with E-state index in [0.29, 0.717) is 12.3 Å². The van der Waals surface area contributed by atoms with Crippen molar-refractivity contribution in [3.05, 3.63) is 42.5 Å². The van der Waals surface area contributed by atoms with Gasteiger partial charge in [-0.1, -0.05) is 37.3 Å². The van der Waals surface area contributed by atoms with Crippen molar-refractivity contribution in [2.45, 2.75) is 13.3 Å². The van der Waals surface area contributed by atoms with Gasteiger partial charge in [0.2, 0.25) is 0 Å². The van der Waals surface area contributed by atoms with Crippen molar-refractivity contribution in [1.82, 2.24) is 10.6 Å². The fourth-order valence-corrected chi connectivity index (χ4v) is 2.05. The molecule has 22 heavy (non-hydrogen) atoms. The molecule has 0 saturated carbocycles. The molecule has 0 aliphatic carbocycles. The van der Waals surface area contributed by atoms with Gasteiger partial charge < -0.3 is 15.4 Å². The van der Waals surface area contributed by atoms with Crippen LogP contribution < -0.4 is 15.4 Å². The topological polar surface area (TPSA) is 50.4 Å². The van der Waals surface area contributed by atoms with Gasteiger partial charge in [0.1, 0.15) is 5.75 Å². The molecule has 2 N–H and O–H groups in total. The van der Waals surface area contributed by atoms with Crippen LogP contribution in [0, 0.1) is 0 Å². The minimum atomic E-state index is -0.0959. The van der Waals surface area contributed by atoms with Gasteiger partial charge in [-0.2, -0.15) is 0 Å². The predicted octanol–water partition coefficient (Wildman–Crippen LogP) is 2.76. The highest BCUT2D eigenvalue weighted by Gasteiger charge is 2.02. The van der Waals surface area contributed by atoms with Crippen LogP contribution in [-0.2, 0) is 4.79 Å². The summed E-state index contributed by atoms with van der Waals surface area (Å²) in [5, 5.41) is 8.32. The maximum absolute atomic E-state index is 11.6. The highest BCUT2D eigenvalue weighted by Crippen LogP contribution is 2.20. The number of amides is 1. The molecule has 0 heterocycles. The van der Waals surface area contributed by atoms with Gasteiger partial charge in [0.25, 0.3) is 5.91 Å². The number of hydrogen-bond donors (Lipinski definition) is 2. The summed E-state index contributed by atoms with van der Waals surface area (Å²) in [5.41, 5.74) is 0. The molecule has 0 radical (unpaired) electrons. The minimum Gasteiger partial charge on any atom is -0.484 e. The normalized spacial score (nSPS) is 10.0. The van der Waals surface area contributed by atoms with Gasteiger partial charge in [0.15, 0.2) is 6.61 Å². The Kier molecular flexibility index (Phi) is 8.33. The number of ether oxygens (including phenoxy) is 1. The van der Waals surface area contributed by atoms with Crippen molar-refractivity contribution in [1.29, 1.82) is 0 Å². The number of hydrogen-bond acceptors (Lipinski definition) is 3. The smallest absolute Gasteiger partial charge is 0.257 e. The van der Waals surface area contributed by atoms with Crippen LogP contribution in [0.25, 0.3) is 10.8 Å². The maximum Gasteiger partial charge on any atom is 0.257 e. The zero-order valence-corrected chi connectivity index (χ0v) is 13.6. The van der Waals surface area contributed by atoms with Crippen LogP contribution in [0.3, 0.4) is 0 Å². The van der Waals surface area contributed by atoms with E-state index in [2.05, 4.69) is 23.6 Å². The molecular formula is C17H23ClN2O2. The lowest BCUT2D eigenvalue weighted by Gasteiger charge is -2.08. The molecule has 5 heteroatoms. The number of halogens is 1. The third-order valence-corrected chi connectivity index (χ3v) is 3.14. The Bertz CT molecular complexity index is 590. The number of nitrogens with one attached hydrogen (secondary N) is 2. The van der Waals surface area contributed by atoms with E-state index < -0.39 is 0 Å². The van der Waals surface area contributed by atoms with Crippen LogP contribution in [-0.4, -0.2) is 32.1 Å². The highest BCUT2D eigenvalue weighted by atomic mass is 35.5. The maximum atomic E-state index is 11.6. The summed E-state index contributed by atoms with van der Waals surface area (Å²) in [7, 11) is 0. The molecule has 0 spiro atoms. The molecule has 0 bridgehead atoms. The van der Waals surface area contributed by atoms with E-state index in [1.165, 1.54) is 0 Å². The third-order valence-electron chi connectivity index (χ3n) is 3.14. The van der Waals surface area contributed by atoms with Gasteiger partial charge in [-0.15, -0.1) is 12.4 Å². The molecule has 0 unspecified atom stereocenters. The average Bonchev–Trinajstić information content (AvgIpc) is 2.52. The van der Waals surface area contributed by atoms with Crippen molar-refractivity contribution in [2.24, 2.45) is 0 Å². The molecule has 0 aromatic heterocycles. The molecule has 2 aromatic rings. The Hall–Kier alpha value is -1.78. The lowest BCUT2D eigenvalue weighted by atomic mass is 10.1. The molecular weight excluding hydrogens is 300 g/mol. The van der Waals surface area contributed by atoms with E-state index in [1.54, 1.807) is 0 Å². The number of carbonyl (C=O) groups is 1. The summed E-state index contributed by atoms with van der Waals surface area (Å²) in [5.74, 6) is 0.620. The number of benzene rings is 2. The number of fused-ring (bicyclic) bond motifs is 1. The number of carbonyl (C=O) groups excluding carboxylic acids is 1. The van der Waals surface area contributed by atoms with Gasteiger partial charge in [0.05, 0.1) is 0 Å². The average molecular weight is 323 g/mol. The fourth-order valence-electron chi connectivity index (χ4n) is 2.05. The fraction of sp³-hybridized carbons (Fsp3) is 0.353. The highest BCUT2D eigenvalue weighted by molar-refractivity contribution is 5.85.